The maximum absolute atomic E-state index is 12.8. The molecule has 1 fully saturated rings. The third-order valence-electron chi connectivity index (χ3n) is 3.84. The van der Waals surface area contributed by atoms with Gasteiger partial charge >= 0.3 is 0 Å². The summed E-state index contributed by atoms with van der Waals surface area (Å²) in [5.41, 5.74) is 0.154. The fourth-order valence-electron chi connectivity index (χ4n) is 2.40. The van der Waals surface area contributed by atoms with E-state index in [1.165, 1.54) is 0 Å². The molecule has 0 saturated carbocycles. The minimum atomic E-state index is -0.811. The molecular formula is C14H21N3O2S. The molecule has 1 aliphatic rings. The number of aryl methyl sites for hydroxylation is 1. The Hall–Kier alpha value is -1.43. The third kappa shape index (κ3) is 2.85. The molecule has 110 valence electrons. The zero-order chi connectivity index (χ0) is 14.9. The van der Waals surface area contributed by atoms with Crippen LogP contribution >= 0.6 is 11.3 Å². The van der Waals surface area contributed by atoms with E-state index in [2.05, 4.69) is 10.3 Å². The SMILES string of the molecule is CCC1(C)NC(=O)CC(C)N(Cc2nc(C)cs2)C1=O. The number of amides is 2. The van der Waals surface area contributed by atoms with Gasteiger partial charge in [-0.1, -0.05) is 6.92 Å². The van der Waals surface area contributed by atoms with Crippen LogP contribution < -0.4 is 5.32 Å². The quantitative estimate of drug-likeness (QED) is 0.926. The molecule has 2 amide bonds. The summed E-state index contributed by atoms with van der Waals surface area (Å²) in [7, 11) is 0. The lowest BCUT2D eigenvalue weighted by atomic mass is 9.97. The molecule has 1 aromatic heterocycles. The molecule has 6 heteroatoms. The predicted octanol–water partition coefficient (Wildman–Crippen LogP) is 1.86. The second-order valence-electron chi connectivity index (χ2n) is 5.60. The normalized spacial score (nSPS) is 27.4. The number of carbonyl (C=O) groups excluding carboxylic acids is 2. The molecule has 1 saturated heterocycles. The molecule has 2 unspecified atom stereocenters. The number of rotatable bonds is 3. The van der Waals surface area contributed by atoms with Gasteiger partial charge in [0.05, 0.1) is 6.54 Å². The highest BCUT2D eigenvalue weighted by Gasteiger charge is 2.41. The Bertz CT molecular complexity index is 528. The lowest BCUT2D eigenvalue weighted by molar-refractivity contribution is -0.140. The largest absolute Gasteiger partial charge is 0.342 e. The number of nitrogens with zero attached hydrogens (tertiary/aromatic N) is 2. The smallest absolute Gasteiger partial charge is 0.248 e. The van der Waals surface area contributed by atoms with E-state index in [4.69, 9.17) is 0 Å². The number of hydrogen-bond donors (Lipinski definition) is 1. The van der Waals surface area contributed by atoms with E-state index in [0.717, 1.165) is 10.7 Å². The van der Waals surface area contributed by atoms with Crippen molar-refractivity contribution in [2.75, 3.05) is 0 Å². The van der Waals surface area contributed by atoms with Crippen LogP contribution in [0.3, 0.4) is 0 Å². The van der Waals surface area contributed by atoms with Crippen molar-refractivity contribution in [1.29, 1.82) is 0 Å². The summed E-state index contributed by atoms with van der Waals surface area (Å²) in [5.74, 6) is -0.0841. The Labute approximate surface area is 123 Å². The van der Waals surface area contributed by atoms with Gasteiger partial charge in [0.25, 0.3) is 0 Å². The molecule has 2 rings (SSSR count). The lowest BCUT2D eigenvalue weighted by Crippen LogP contribution is -2.55. The fraction of sp³-hybridized carbons (Fsp3) is 0.643. The molecule has 0 aromatic carbocycles. The number of hydrogen-bond acceptors (Lipinski definition) is 4. The summed E-state index contributed by atoms with van der Waals surface area (Å²) < 4.78 is 0. The molecule has 0 bridgehead atoms. The minimum Gasteiger partial charge on any atom is -0.342 e. The van der Waals surface area contributed by atoms with Gasteiger partial charge in [-0.2, -0.15) is 0 Å². The summed E-state index contributed by atoms with van der Waals surface area (Å²) in [6.45, 7) is 8.04. The second kappa shape index (κ2) is 5.52. The Morgan fingerprint density at radius 2 is 2.25 bits per heavy atom. The first-order chi connectivity index (χ1) is 9.35. The summed E-state index contributed by atoms with van der Waals surface area (Å²) >= 11 is 1.55. The first-order valence-electron chi connectivity index (χ1n) is 6.89. The Kier molecular flexibility index (Phi) is 4.13. The Balaban J connectivity index is 2.28. The van der Waals surface area contributed by atoms with E-state index in [1.807, 2.05) is 26.2 Å². The molecule has 20 heavy (non-hydrogen) atoms. The summed E-state index contributed by atoms with van der Waals surface area (Å²) in [4.78, 5) is 30.9. The first-order valence-corrected chi connectivity index (χ1v) is 7.77. The van der Waals surface area contributed by atoms with Gasteiger partial charge in [0.2, 0.25) is 11.8 Å². The van der Waals surface area contributed by atoms with E-state index in [0.29, 0.717) is 19.4 Å². The van der Waals surface area contributed by atoms with Crippen molar-refractivity contribution in [3.8, 4) is 0 Å². The van der Waals surface area contributed by atoms with Gasteiger partial charge in [-0.15, -0.1) is 11.3 Å². The van der Waals surface area contributed by atoms with Crippen LogP contribution in [-0.4, -0.2) is 33.3 Å². The molecule has 1 aromatic rings. The molecule has 2 heterocycles. The van der Waals surface area contributed by atoms with E-state index < -0.39 is 5.54 Å². The molecule has 0 aliphatic carbocycles. The van der Waals surface area contributed by atoms with Gasteiger partial charge in [0.1, 0.15) is 10.5 Å². The summed E-state index contributed by atoms with van der Waals surface area (Å²) in [5, 5.41) is 5.75. The van der Waals surface area contributed by atoms with Crippen molar-refractivity contribution in [2.45, 2.75) is 58.7 Å². The average Bonchev–Trinajstić information content (AvgIpc) is 2.76. The van der Waals surface area contributed by atoms with Crippen molar-refractivity contribution in [1.82, 2.24) is 15.2 Å². The molecular weight excluding hydrogens is 274 g/mol. The van der Waals surface area contributed by atoms with Crippen molar-refractivity contribution in [3.63, 3.8) is 0 Å². The number of carbonyl (C=O) groups is 2. The molecule has 2 atom stereocenters. The van der Waals surface area contributed by atoms with Crippen LogP contribution in [0.1, 0.15) is 44.3 Å². The third-order valence-corrected chi connectivity index (χ3v) is 4.79. The number of aromatic nitrogens is 1. The monoisotopic (exact) mass is 295 g/mol. The number of thiazole rings is 1. The highest BCUT2D eigenvalue weighted by Crippen LogP contribution is 2.24. The second-order valence-corrected chi connectivity index (χ2v) is 6.55. The molecule has 1 N–H and O–H groups in total. The van der Waals surface area contributed by atoms with Gasteiger partial charge in [0, 0.05) is 23.5 Å². The molecule has 0 spiro atoms. The molecule has 5 nitrogen and oxygen atoms in total. The van der Waals surface area contributed by atoms with Gasteiger partial charge in [-0.3, -0.25) is 9.59 Å². The highest BCUT2D eigenvalue weighted by atomic mass is 32.1. The van der Waals surface area contributed by atoms with Crippen LogP contribution in [0.15, 0.2) is 5.38 Å². The topological polar surface area (TPSA) is 62.3 Å². The van der Waals surface area contributed by atoms with Crippen molar-refractivity contribution in [3.05, 3.63) is 16.1 Å². The minimum absolute atomic E-state index is 0.0220. The first kappa shape index (κ1) is 15.0. The predicted molar refractivity (Wildman–Crippen MR) is 78.3 cm³/mol. The zero-order valence-corrected chi connectivity index (χ0v) is 13.2. The van der Waals surface area contributed by atoms with E-state index in [-0.39, 0.29) is 17.9 Å². The van der Waals surface area contributed by atoms with Gasteiger partial charge in [-0.05, 0) is 27.2 Å². The van der Waals surface area contributed by atoms with Crippen molar-refractivity contribution < 1.29 is 9.59 Å². The fourth-order valence-corrected chi connectivity index (χ4v) is 3.17. The highest BCUT2D eigenvalue weighted by molar-refractivity contribution is 7.09. The average molecular weight is 295 g/mol. The zero-order valence-electron chi connectivity index (χ0n) is 12.4. The van der Waals surface area contributed by atoms with E-state index in [9.17, 15) is 9.59 Å². The summed E-state index contributed by atoms with van der Waals surface area (Å²) in [6, 6.07) is -0.111. The molecule has 1 aliphatic heterocycles. The van der Waals surface area contributed by atoms with Crippen molar-refractivity contribution >= 4 is 23.2 Å². The van der Waals surface area contributed by atoms with Gasteiger partial charge < -0.3 is 10.2 Å². The van der Waals surface area contributed by atoms with Crippen LogP contribution in [0.2, 0.25) is 0 Å². The number of nitrogens with one attached hydrogen (secondary N) is 1. The van der Waals surface area contributed by atoms with Crippen LogP contribution in [-0.2, 0) is 16.1 Å². The van der Waals surface area contributed by atoms with E-state index in [1.54, 1.807) is 23.2 Å². The Morgan fingerprint density at radius 1 is 1.55 bits per heavy atom. The molecule has 0 radical (unpaired) electrons. The summed E-state index contributed by atoms with van der Waals surface area (Å²) in [6.07, 6.45) is 0.920. The van der Waals surface area contributed by atoms with Crippen LogP contribution in [0.25, 0.3) is 0 Å². The van der Waals surface area contributed by atoms with Crippen molar-refractivity contribution in [2.24, 2.45) is 0 Å². The van der Waals surface area contributed by atoms with Crippen LogP contribution in [0.4, 0.5) is 0 Å². The standard InChI is InChI=1S/C14H21N3O2S/c1-5-14(4)13(19)17(10(3)6-11(18)16-14)7-12-15-9(2)8-20-12/h8,10H,5-7H2,1-4H3,(H,16,18). The Morgan fingerprint density at radius 3 is 2.80 bits per heavy atom. The van der Waals surface area contributed by atoms with Crippen LogP contribution in [0, 0.1) is 6.92 Å². The lowest BCUT2D eigenvalue weighted by Gasteiger charge is -2.33. The van der Waals surface area contributed by atoms with Gasteiger partial charge in [0.15, 0.2) is 0 Å². The van der Waals surface area contributed by atoms with Gasteiger partial charge in [-0.25, -0.2) is 4.98 Å². The maximum atomic E-state index is 12.8. The van der Waals surface area contributed by atoms with E-state index >= 15 is 0 Å². The van der Waals surface area contributed by atoms with Crippen LogP contribution in [0.5, 0.6) is 0 Å². The maximum Gasteiger partial charge on any atom is 0.248 e.